The highest BCUT2D eigenvalue weighted by Crippen LogP contribution is 2.38. The Morgan fingerprint density at radius 3 is 2.48 bits per heavy atom. The van der Waals surface area contributed by atoms with E-state index in [0.29, 0.717) is 11.1 Å². The molecule has 1 atom stereocenters. The van der Waals surface area contributed by atoms with Gasteiger partial charge in [-0.3, -0.25) is 9.59 Å². The summed E-state index contributed by atoms with van der Waals surface area (Å²) >= 11 is 17.8. The zero-order valence-corrected chi connectivity index (χ0v) is 17.0. The average molecular weight is 430 g/mol. The van der Waals surface area contributed by atoms with Crippen molar-refractivity contribution in [3.63, 3.8) is 0 Å². The molecule has 0 aromatic heterocycles. The van der Waals surface area contributed by atoms with Gasteiger partial charge in [-0.2, -0.15) is 0 Å². The number of phenols is 1. The van der Waals surface area contributed by atoms with Crippen LogP contribution in [0.3, 0.4) is 0 Å². The van der Waals surface area contributed by atoms with Crippen molar-refractivity contribution in [1.29, 1.82) is 0 Å². The fourth-order valence-electron chi connectivity index (χ4n) is 2.30. The molecule has 0 radical (unpaired) electrons. The van der Waals surface area contributed by atoms with Crippen molar-refractivity contribution in [3.05, 3.63) is 62.1 Å². The fourth-order valence-corrected chi connectivity index (χ4v) is 2.99. The molecular formula is C19H19Cl3N2O3. The number of benzene rings is 2. The molecule has 27 heavy (non-hydrogen) atoms. The van der Waals surface area contributed by atoms with Crippen LogP contribution in [-0.2, 0) is 6.54 Å². The molecule has 3 N–H and O–H groups in total. The van der Waals surface area contributed by atoms with E-state index < -0.39 is 11.7 Å². The molecule has 1 unspecified atom stereocenters. The largest absolute Gasteiger partial charge is 0.505 e. The predicted octanol–water partition coefficient (Wildman–Crippen LogP) is 4.81. The molecule has 0 aliphatic rings. The van der Waals surface area contributed by atoms with E-state index >= 15 is 0 Å². The first-order valence-electron chi connectivity index (χ1n) is 8.29. The molecule has 0 spiro atoms. The monoisotopic (exact) mass is 428 g/mol. The minimum absolute atomic E-state index is 0.0633. The van der Waals surface area contributed by atoms with Crippen LogP contribution in [0.5, 0.6) is 5.75 Å². The van der Waals surface area contributed by atoms with Crippen molar-refractivity contribution in [3.8, 4) is 5.75 Å². The molecular weight excluding hydrogens is 411 g/mol. The van der Waals surface area contributed by atoms with Gasteiger partial charge < -0.3 is 15.7 Å². The Morgan fingerprint density at radius 2 is 1.81 bits per heavy atom. The number of rotatable bonds is 6. The van der Waals surface area contributed by atoms with Crippen molar-refractivity contribution >= 4 is 46.6 Å². The molecule has 0 bridgehead atoms. The smallest absolute Gasteiger partial charge is 0.256 e. The summed E-state index contributed by atoms with van der Waals surface area (Å²) in [5.74, 6) is -1.25. The van der Waals surface area contributed by atoms with E-state index in [2.05, 4.69) is 10.6 Å². The van der Waals surface area contributed by atoms with Crippen LogP contribution >= 0.6 is 34.8 Å². The highest BCUT2D eigenvalue weighted by Gasteiger charge is 2.21. The summed E-state index contributed by atoms with van der Waals surface area (Å²) < 4.78 is 0. The van der Waals surface area contributed by atoms with E-state index in [1.807, 2.05) is 13.8 Å². The van der Waals surface area contributed by atoms with Gasteiger partial charge in [0.05, 0.1) is 15.1 Å². The average Bonchev–Trinajstić information content (AvgIpc) is 2.65. The topological polar surface area (TPSA) is 78.4 Å². The molecule has 8 heteroatoms. The van der Waals surface area contributed by atoms with Crippen molar-refractivity contribution in [2.75, 3.05) is 0 Å². The lowest BCUT2D eigenvalue weighted by atomic mass is 10.1. The Kier molecular flexibility index (Phi) is 7.36. The maximum Gasteiger partial charge on any atom is 0.256 e. The number of carbonyl (C=O) groups excluding carboxylic acids is 2. The second-order valence-electron chi connectivity index (χ2n) is 6.04. The van der Waals surface area contributed by atoms with Crippen molar-refractivity contribution in [2.24, 2.45) is 0 Å². The van der Waals surface area contributed by atoms with Crippen LogP contribution in [0.25, 0.3) is 0 Å². The zero-order chi connectivity index (χ0) is 20.1. The van der Waals surface area contributed by atoms with E-state index in [1.165, 1.54) is 6.07 Å². The number of hydrogen-bond donors (Lipinski definition) is 3. The second-order valence-corrected chi connectivity index (χ2v) is 7.24. The third-order valence-corrected chi connectivity index (χ3v) is 5.08. The van der Waals surface area contributed by atoms with Gasteiger partial charge in [-0.1, -0.05) is 53.9 Å². The molecule has 2 amide bonds. The van der Waals surface area contributed by atoms with Crippen LogP contribution in [-0.4, -0.2) is 23.0 Å². The Hall–Kier alpha value is -1.95. The maximum absolute atomic E-state index is 12.4. The fraction of sp³-hybridized carbons (Fsp3) is 0.263. The second kappa shape index (κ2) is 9.31. The number of phenolic OH excluding ortho intramolecular Hbond substituents is 1. The molecule has 0 aliphatic carbocycles. The Bertz CT molecular complexity index is 845. The minimum atomic E-state index is -0.628. The molecule has 5 nitrogen and oxygen atoms in total. The summed E-state index contributed by atoms with van der Waals surface area (Å²) in [5.41, 5.74) is 1.01. The summed E-state index contributed by atoms with van der Waals surface area (Å²) in [7, 11) is 0. The standard InChI is InChI=1S/C19H19Cl3N2O3/c1-3-10(2)24-18(26)12-6-4-5-11(7-12)9-23-19(27)15-16(22)13(20)8-14(21)17(15)25/h4-8,10,25H,3,9H2,1-2H3,(H,23,27)(H,24,26). The Labute approximate surface area is 172 Å². The third-order valence-electron chi connectivity index (χ3n) is 4.00. The van der Waals surface area contributed by atoms with Crippen molar-refractivity contribution in [1.82, 2.24) is 10.6 Å². The van der Waals surface area contributed by atoms with Gasteiger partial charge >= 0.3 is 0 Å². The van der Waals surface area contributed by atoms with Gasteiger partial charge in [0.2, 0.25) is 0 Å². The van der Waals surface area contributed by atoms with Gasteiger partial charge in [-0.15, -0.1) is 0 Å². The predicted molar refractivity (Wildman–Crippen MR) is 108 cm³/mol. The zero-order valence-electron chi connectivity index (χ0n) is 14.8. The van der Waals surface area contributed by atoms with E-state index in [0.717, 1.165) is 6.42 Å². The van der Waals surface area contributed by atoms with Crippen LogP contribution in [0.2, 0.25) is 15.1 Å². The summed E-state index contributed by atoms with van der Waals surface area (Å²) in [6, 6.07) is 8.21. The quantitative estimate of drug-likeness (QED) is 0.577. The summed E-state index contributed by atoms with van der Waals surface area (Å²) in [4.78, 5) is 24.6. The van der Waals surface area contributed by atoms with Gasteiger partial charge in [-0.25, -0.2) is 0 Å². The molecule has 0 heterocycles. The number of carbonyl (C=O) groups is 2. The number of amides is 2. The van der Waals surface area contributed by atoms with Gasteiger partial charge in [0.1, 0.15) is 11.3 Å². The van der Waals surface area contributed by atoms with Crippen LogP contribution in [0.1, 0.15) is 46.5 Å². The van der Waals surface area contributed by atoms with Crippen LogP contribution in [0.15, 0.2) is 30.3 Å². The van der Waals surface area contributed by atoms with Gasteiger partial charge in [-0.05, 0) is 37.1 Å². The lowest BCUT2D eigenvalue weighted by molar-refractivity contribution is 0.0936. The molecule has 0 saturated carbocycles. The van der Waals surface area contributed by atoms with Gasteiger partial charge in [0.25, 0.3) is 11.8 Å². The minimum Gasteiger partial charge on any atom is -0.505 e. The first-order chi connectivity index (χ1) is 12.7. The summed E-state index contributed by atoms with van der Waals surface area (Å²) in [6.07, 6.45) is 0.827. The molecule has 0 saturated heterocycles. The Balaban J connectivity index is 2.13. The first-order valence-corrected chi connectivity index (χ1v) is 9.42. The highest BCUT2D eigenvalue weighted by atomic mass is 35.5. The van der Waals surface area contributed by atoms with E-state index in [9.17, 15) is 14.7 Å². The highest BCUT2D eigenvalue weighted by molar-refractivity contribution is 6.45. The normalized spacial score (nSPS) is 11.7. The SMILES string of the molecule is CCC(C)NC(=O)c1cccc(CNC(=O)c2c(O)c(Cl)cc(Cl)c2Cl)c1. The van der Waals surface area contributed by atoms with E-state index in [1.54, 1.807) is 24.3 Å². The number of halogens is 3. The summed E-state index contributed by atoms with van der Waals surface area (Å²) in [6.45, 7) is 4.04. The molecule has 144 valence electrons. The molecule has 0 aliphatic heterocycles. The number of aromatic hydroxyl groups is 1. The lowest BCUT2D eigenvalue weighted by Gasteiger charge is -2.13. The lowest BCUT2D eigenvalue weighted by Crippen LogP contribution is -2.32. The van der Waals surface area contributed by atoms with Crippen molar-refractivity contribution in [2.45, 2.75) is 32.9 Å². The van der Waals surface area contributed by atoms with Crippen molar-refractivity contribution < 1.29 is 14.7 Å². The number of hydrogen-bond acceptors (Lipinski definition) is 3. The summed E-state index contributed by atoms with van der Waals surface area (Å²) in [5, 5.41) is 15.4. The molecule has 2 aromatic rings. The van der Waals surface area contributed by atoms with E-state index in [4.69, 9.17) is 34.8 Å². The molecule has 2 rings (SSSR count). The molecule has 0 fully saturated rings. The Morgan fingerprint density at radius 1 is 1.11 bits per heavy atom. The van der Waals surface area contributed by atoms with Gasteiger partial charge in [0.15, 0.2) is 0 Å². The number of nitrogens with one attached hydrogen (secondary N) is 2. The van der Waals surface area contributed by atoms with E-state index in [-0.39, 0.29) is 39.1 Å². The van der Waals surface area contributed by atoms with Gasteiger partial charge in [0, 0.05) is 18.2 Å². The maximum atomic E-state index is 12.4. The third kappa shape index (κ3) is 5.28. The van der Waals surface area contributed by atoms with Crippen LogP contribution in [0.4, 0.5) is 0 Å². The van der Waals surface area contributed by atoms with Crippen LogP contribution < -0.4 is 10.6 Å². The van der Waals surface area contributed by atoms with Crippen LogP contribution in [0, 0.1) is 0 Å². The first kappa shape index (κ1) is 21.4. The molecule has 2 aromatic carbocycles.